The van der Waals surface area contributed by atoms with Gasteiger partial charge in [-0.2, -0.15) is 0 Å². The van der Waals surface area contributed by atoms with Crippen LogP contribution in [0.25, 0.3) is 0 Å². The molecule has 124 valence electrons. The fourth-order valence-electron chi connectivity index (χ4n) is 4.19. The molecule has 2 atom stereocenters. The van der Waals surface area contributed by atoms with Crippen LogP contribution in [0.1, 0.15) is 48.9 Å². The third-order valence-electron chi connectivity index (χ3n) is 5.52. The minimum absolute atomic E-state index is 0.00442. The Kier molecular flexibility index (Phi) is 3.63. The van der Waals surface area contributed by atoms with Crippen LogP contribution in [0.3, 0.4) is 0 Å². The summed E-state index contributed by atoms with van der Waals surface area (Å²) in [6, 6.07) is 0. The molecule has 2 unspecified atom stereocenters. The van der Waals surface area contributed by atoms with Crippen LogP contribution >= 0.6 is 0 Å². The highest BCUT2D eigenvalue weighted by Crippen LogP contribution is 2.42. The number of fused-ring (bicyclic) bond motifs is 2. The van der Waals surface area contributed by atoms with Gasteiger partial charge in [-0.3, -0.25) is 4.79 Å². The number of sulfone groups is 1. The van der Waals surface area contributed by atoms with E-state index in [2.05, 4.69) is 14.9 Å². The van der Waals surface area contributed by atoms with E-state index in [1.807, 2.05) is 0 Å². The SMILES string of the molecule is O=C(c1cnc(N2CCCC2)nc1)C1CC2CCC(C1)S2(=O)=O. The number of hydrogen-bond acceptors (Lipinski definition) is 6. The standard InChI is InChI=1S/C16H21N3O3S/c20-15(11-7-13-3-4-14(8-11)23(13,21)22)12-9-17-16(18-10-12)19-5-1-2-6-19/h9-11,13-14H,1-8H2. The summed E-state index contributed by atoms with van der Waals surface area (Å²) in [6.45, 7) is 1.94. The molecule has 2 bridgehead atoms. The molecule has 6 nitrogen and oxygen atoms in total. The third-order valence-corrected chi connectivity index (χ3v) is 8.23. The van der Waals surface area contributed by atoms with Crippen LogP contribution in [-0.2, 0) is 9.84 Å². The Balaban J connectivity index is 1.49. The Morgan fingerprint density at radius 3 is 2.17 bits per heavy atom. The molecule has 1 aromatic rings. The lowest BCUT2D eigenvalue weighted by Gasteiger charge is -2.26. The highest BCUT2D eigenvalue weighted by molar-refractivity contribution is 7.93. The van der Waals surface area contributed by atoms with E-state index in [0.29, 0.717) is 37.2 Å². The van der Waals surface area contributed by atoms with Gasteiger partial charge in [0.25, 0.3) is 0 Å². The molecule has 0 aromatic carbocycles. The number of carbonyl (C=O) groups is 1. The number of anilines is 1. The lowest BCUT2D eigenvalue weighted by atomic mass is 9.91. The van der Waals surface area contributed by atoms with Crippen LogP contribution in [0.4, 0.5) is 5.95 Å². The maximum absolute atomic E-state index is 12.7. The molecule has 3 fully saturated rings. The van der Waals surface area contributed by atoms with Crippen molar-refractivity contribution in [3.05, 3.63) is 18.0 Å². The zero-order chi connectivity index (χ0) is 16.0. The fraction of sp³-hybridized carbons (Fsp3) is 0.688. The first-order valence-electron chi connectivity index (χ1n) is 8.39. The summed E-state index contributed by atoms with van der Waals surface area (Å²) >= 11 is 0. The monoisotopic (exact) mass is 335 g/mol. The quantitative estimate of drug-likeness (QED) is 0.781. The molecule has 7 heteroatoms. The highest BCUT2D eigenvalue weighted by atomic mass is 32.2. The molecule has 3 aliphatic rings. The van der Waals surface area contributed by atoms with Crippen molar-refractivity contribution in [2.45, 2.75) is 49.0 Å². The molecule has 0 amide bonds. The third kappa shape index (κ3) is 2.55. The van der Waals surface area contributed by atoms with Gasteiger partial charge in [-0.15, -0.1) is 0 Å². The first-order chi connectivity index (χ1) is 11.1. The summed E-state index contributed by atoms with van der Waals surface area (Å²) in [7, 11) is -2.99. The minimum Gasteiger partial charge on any atom is -0.341 e. The first kappa shape index (κ1) is 15.1. The highest BCUT2D eigenvalue weighted by Gasteiger charge is 2.48. The smallest absolute Gasteiger partial charge is 0.225 e. The van der Waals surface area contributed by atoms with Gasteiger partial charge in [0, 0.05) is 31.4 Å². The largest absolute Gasteiger partial charge is 0.341 e. The normalized spacial score (nSPS) is 32.2. The molecule has 3 saturated heterocycles. The second-order valence-corrected chi connectivity index (χ2v) is 9.42. The van der Waals surface area contributed by atoms with E-state index in [-0.39, 0.29) is 22.2 Å². The molecule has 4 heterocycles. The van der Waals surface area contributed by atoms with E-state index in [0.717, 1.165) is 25.9 Å². The van der Waals surface area contributed by atoms with Crippen LogP contribution < -0.4 is 4.90 Å². The van der Waals surface area contributed by atoms with Crippen molar-refractivity contribution in [1.29, 1.82) is 0 Å². The summed E-state index contributed by atoms with van der Waals surface area (Å²) in [5.74, 6) is 0.493. The Morgan fingerprint density at radius 2 is 1.61 bits per heavy atom. The molecule has 4 rings (SSSR count). The second kappa shape index (κ2) is 5.54. The predicted octanol–water partition coefficient (Wildman–Crippen LogP) is 1.62. The molecular weight excluding hydrogens is 314 g/mol. The molecule has 3 aliphatic heterocycles. The van der Waals surface area contributed by atoms with Crippen LogP contribution in [0.5, 0.6) is 0 Å². The number of aromatic nitrogens is 2. The van der Waals surface area contributed by atoms with Gasteiger partial charge in [0.05, 0.1) is 16.1 Å². The van der Waals surface area contributed by atoms with Crippen LogP contribution in [0.2, 0.25) is 0 Å². The van der Waals surface area contributed by atoms with E-state index in [1.54, 1.807) is 12.4 Å². The Morgan fingerprint density at radius 1 is 1.04 bits per heavy atom. The van der Waals surface area contributed by atoms with E-state index < -0.39 is 9.84 Å². The molecule has 23 heavy (non-hydrogen) atoms. The Hall–Kier alpha value is -1.50. The summed E-state index contributed by atoms with van der Waals surface area (Å²) in [5.41, 5.74) is 0.511. The van der Waals surface area contributed by atoms with Gasteiger partial charge >= 0.3 is 0 Å². The van der Waals surface area contributed by atoms with Crippen molar-refractivity contribution >= 4 is 21.6 Å². The van der Waals surface area contributed by atoms with Crippen molar-refractivity contribution in [2.75, 3.05) is 18.0 Å². The fourth-order valence-corrected chi connectivity index (χ4v) is 6.66. The van der Waals surface area contributed by atoms with Crippen molar-refractivity contribution < 1.29 is 13.2 Å². The summed E-state index contributed by atoms with van der Waals surface area (Å²) in [5, 5.41) is -0.639. The molecule has 0 radical (unpaired) electrons. The van der Waals surface area contributed by atoms with Crippen molar-refractivity contribution in [3.63, 3.8) is 0 Å². The predicted molar refractivity (Wildman–Crippen MR) is 86.3 cm³/mol. The van der Waals surface area contributed by atoms with Gasteiger partial charge in [-0.1, -0.05) is 0 Å². The molecule has 0 spiro atoms. The van der Waals surface area contributed by atoms with Crippen LogP contribution in [0, 0.1) is 5.92 Å². The summed E-state index contributed by atoms with van der Waals surface area (Å²) in [6.07, 6.45) is 7.87. The Bertz CT molecular complexity index is 691. The average molecular weight is 335 g/mol. The minimum atomic E-state index is -2.99. The van der Waals surface area contributed by atoms with Crippen molar-refractivity contribution in [2.24, 2.45) is 5.92 Å². The van der Waals surface area contributed by atoms with Gasteiger partial charge in [0.1, 0.15) is 0 Å². The molecule has 1 aromatic heterocycles. The zero-order valence-electron chi connectivity index (χ0n) is 13.0. The van der Waals surface area contributed by atoms with E-state index in [1.165, 1.54) is 0 Å². The number of hydrogen-bond donors (Lipinski definition) is 0. The number of carbonyl (C=O) groups excluding carboxylic acids is 1. The van der Waals surface area contributed by atoms with E-state index in [4.69, 9.17) is 0 Å². The molecule has 0 N–H and O–H groups in total. The van der Waals surface area contributed by atoms with Crippen LogP contribution in [0.15, 0.2) is 12.4 Å². The summed E-state index contributed by atoms with van der Waals surface area (Å²) < 4.78 is 24.3. The van der Waals surface area contributed by atoms with Gasteiger partial charge < -0.3 is 4.90 Å². The number of Topliss-reactive ketones (excluding diaryl/α,β-unsaturated/α-hetero) is 1. The number of nitrogens with zero attached hydrogens (tertiary/aromatic N) is 3. The lowest BCUT2D eigenvalue weighted by Crippen LogP contribution is -2.36. The zero-order valence-corrected chi connectivity index (χ0v) is 13.8. The van der Waals surface area contributed by atoms with E-state index >= 15 is 0 Å². The molecule has 0 saturated carbocycles. The number of ketones is 1. The van der Waals surface area contributed by atoms with Crippen molar-refractivity contribution in [1.82, 2.24) is 9.97 Å². The topological polar surface area (TPSA) is 80.2 Å². The Labute approximate surface area is 136 Å². The molecule has 0 aliphatic carbocycles. The van der Waals surface area contributed by atoms with Gasteiger partial charge in [0.15, 0.2) is 15.6 Å². The lowest BCUT2D eigenvalue weighted by molar-refractivity contribution is 0.0904. The van der Waals surface area contributed by atoms with Crippen molar-refractivity contribution in [3.8, 4) is 0 Å². The molecular formula is C16H21N3O3S. The van der Waals surface area contributed by atoms with Gasteiger partial charge in [0.2, 0.25) is 5.95 Å². The van der Waals surface area contributed by atoms with Gasteiger partial charge in [-0.05, 0) is 38.5 Å². The maximum atomic E-state index is 12.7. The maximum Gasteiger partial charge on any atom is 0.225 e. The average Bonchev–Trinajstić information content (AvgIpc) is 3.09. The van der Waals surface area contributed by atoms with Crippen LogP contribution in [-0.4, -0.2) is 47.8 Å². The summed E-state index contributed by atoms with van der Waals surface area (Å²) in [4.78, 5) is 23.5. The second-order valence-electron chi connectivity index (χ2n) is 6.91. The first-order valence-corrected chi connectivity index (χ1v) is 10.0. The van der Waals surface area contributed by atoms with E-state index in [9.17, 15) is 13.2 Å². The van der Waals surface area contributed by atoms with Gasteiger partial charge in [-0.25, -0.2) is 18.4 Å². The number of rotatable bonds is 3.